The van der Waals surface area contributed by atoms with Crippen molar-refractivity contribution >= 4 is 27.7 Å². The molecule has 0 saturated heterocycles. The Bertz CT molecular complexity index is 255. The molecule has 0 aromatic heterocycles. The molecule has 2 heteroatoms. The van der Waals surface area contributed by atoms with E-state index in [9.17, 15) is 0 Å². The number of alkyl halides is 1. The van der Waals surface area contributed by atoms with Gasteiger partial charge in [0.2, 0.25) is 0 Å². The molecule has 0 aliphatic rings. The Morgan fingerprint density at radius 2 is 2.09 bits per heavy atom. The van der Waals surface area contributed by atoms with E-state index in [0.717, 1.165) is 16.6 Å². The quantitative estimate of drug-likeness (QED) is 0.591. The summed E-state index contributed by atoms with van der Waals surface area (Å²) in [6, 6.07) is 7.80. The number of allylic oxidation sites excluding steroid dienone is 1. The SMILES string of the molecule is Nc1ccccc1C=CCBr. The predicted octanol–water partition coefficient (Wildman–Crippen LogP) is 2.68. The number of nitrogen functional groups attached to an aromatic ring is 1. The van der Waals surface area contributed by atoms with Crippen molar-refractivity contribution in [2.24, 2.45) is 0 Å². The van der Waals surface area contributed by atoms with E-state index in [1.54, 1.807) is 0 Å². The summed E-state index contributed by atoms with van der Waals surface area (Å²) in [7, 11) is 0. The topological polar surface area (TPSA) is 26.0 Å². The van der Waals surface area contributed by atoms with Gasteiger partial charge < -0.3 is 5.73 Å². The molecule has 0 radical (unpaired) electrons. The first-order valence-corrected chi connectivity index (χ1v) is 4.54. The lowest BCUT2D eigenvalue weighted by molar-refractivity contribution is 1.63. The van der Waals surface area contributed by atoms with Crippen molar-refractivity contribution in [1.29, 1.82) is 0 Å². The first-order valence-electron chi connectivity index (χ1n) is 3.41. The molecule has 0 bridgehead atoms. The lowest BCUT2D eigenvalue weighted by Gasteiger charge is -1.96. The minimum atomic E-state index is 0.824. The fourth-order valence-corrected chi connectivity index (χ4v) is 1.02. The molecule has 1 nitrogen and oxygen atoms in total. The van der Waals surface area contributed by atoms with Crippen molar-refractivity contribution in [3.05, 3.63) is 35.9 Å². The maximum absolute atomic E-state index is 5.69. The summed E-state index contributed by atoms with van der Waals surface area (Å²) in [5, 5.41) is 0.862. The standard InChI is InChI=1S/C9H10BrN/c10-7-3-5-8-4-1-2-6-9(8)11/h1-6H,7,11H2. The molecule has 0 unspecified atom stereocenters. The highest BCUT2D eigenvalue weighted by atomic mass is 79.9. The summed E-state index contributed by atoms with van der Waals surface area (Å²) in [4.78, 5) is 0. The van der Waals surface area contributed by atoms with E-state index in [0.29, 0.717) is 0 Å². The van der Waals surface area contributed by atoms with Crippen LogP contribution in [0.1, 0.15) is 5.56 Å². The molecule has 58 valence electrons. The van der Waals surface area contributed by atoms with Crippen LogP contribution in [0.4, 0.5) is 5.69 Å². The fourth-order valence-electron chi connectivity index (χ4n) is 0.834. The van der Waals surface area contributed by atoms with Gasteiger partial charge in [-0.05, 0) is 11.6 Å². The average Bonchev–Trinajstić information content (AvgIpc) is 2.03. The van der Waals surface area contributed by atoms with Gasteiger partial charge in [0.05, 0.1) is 0 Å². The summed E-state index contributed by atoms with van der Waals surface area (Å²) in [6.07, 6.45) is 4.02. The van der Waals surface area contributed by atoms with Crippen molar-refractivity contribution in [3.63, 3.8) is 0 Å². The van der Waals surface area contributed by atoms with Crippen molar-refractivity contribution in [2.45, 2.75) is 0 Å². The van der Waals surface area contributed by atoms with Crippen LogP contribution in [0.15, 0.2) is 30.3 Å². The summed E-state index contributed by atoms with van der Waals surface area (Å²) in [6.45, 7) is 0. The first kappa shape index (κ1) is 8.34. The van der Waals surface area contributed by atoms with Gasteiger partial charge in [0, 0.05) is 11.0 Å². The highest BCUT2D eigenvalue weighted by Crippen LogP contribution is 2.11. The fraction of sp³-hybridized carbons (Fsp3) is 0.111. The minimum absolute atomic E-state index is 0.824. The number of hydrogen-bond acceptors (Lipinski definition) is 1. The molecule has 0 atom stereocenters. The Kier molecular flexibility index (Phi) is 3.17. The maximum Gasteiger partial charge on any atom is 0.0387 e. The monoisotopic (exact) mass is 211 g/mol. The van der Waals surface area contributed by atoms with Crippen LogP contribution in [0.3, 0.4) is 0 Å². The number of para-hydroxylation sites is 1. The molecule has 1 rings (SSSR count). The van der Waals surface area contributed by atoms with E-state index < -0.39 is 0 Å². The van der Waals surface area contributed by atoms with Crippen LogP contribution in [-0.4, -0.2) is 5.33 Å². The summed E-state index contributed by atoms with van der Waals surface area (Å²) < 4.78 is 0. The Balaban J connectivity index is 2.86. The van der Waals surface area contributed by atoms with Crippen LogP contribution in [0, 0.1) is 0 Å². The molecular formula is C9H10BrN. The first-order chi connectivity index (χ1) is 5.34. The van der Waals surface area contributed by atoms with Crippen molar-refractivity contribution in [1.82, 2.24) is 0 Å². The average molecular weight is 212 g/mol. The summed E-state index contributed by atoms with van der Waals surface area (Å²) in [5.41, 5.74) is 7.59. The maximum atomic E-state index is 5.69. The van der Waals surface area contributed by atoms with E-state index >= 15 is 0 Å². The second kappa shape index (κ2) is 4.19. The lowest BCUT2D eigenvalue weighted by atomic mass is 10.2. The molecule has 0 spiro atoms. The van der Waals surface area contributed by atoms with E-state index in [1.165, 1.54) is 0 Å². The largest absolute Gasteiger partial charge is 0.398 e. The predicted molar refractivity (Wildman–Crippen MR) is 53.7 cm³/mol. The second-order valence-electron chi connectivity index (χ2n) is 2.19. The second-order valence-corrected chi connectivity index (χ2v) is 2.83. The van der Waals surface area contributed by atoms with Crippen LogP contribution in [-0.2, 0) is 0 Å². The number of hydrogen-bond donors (Lipinski definition) is 1. The molecular weight excluding hydrogens is 202 g/mol. The third-order valence-corrected chi connectivity index (χ3v) is 1.76. The lowest BCUT2D eigenvalue weighted by Crippen LogP contribution is -1.87. The Labute approximate surface area is 75.0 Å². The Morgan fingerprint density at radius 3 is 2.73 bits per heavy atom. The summed E-state index contributed by atoms with van der Waals surface area (Å²) >= 11 is 3.30. The van der Waals surface area contributed by atoms with E-state index in [4.69, 9.17) is 5.73 Å². The number of nitrogens with two attached hydrogens (primary N) is 1. The van der Waals surface area contributed by atoms with Gasteiger partial charge in [0.1, 0.15) is 0 Å². The highest BCUT2D eigenvalue weighted by Gasteiger charge is 1.89. The number of halogens is 1. The zero-order valence-corrected chi connectivity index (χ0v) is 7.71. The van der Waals surface area contributed by atoms with Gasteiger partial charge >= 0.3 is 0 Å². The molecule has 0 fully saturated rings. The smallest absolute Gasteiger partial charge is 0.0387 e. The third kappa shape index (κ3) is 2.39. The molecule has 1 aromatic rings. The third-order valence-electron chi connectivity index (χ3n) is 1.38. The summed E-state index contributed by atoms with van der Waals surface area (Å²) in [5.74, 6) is 0. The van der Waals surface area contributed by atoms with Crippen molar-refractivity contribution in [2.75, 3.05) is 11.1 Å². The highest BCUT2D eigenvalue weighted by molar-refractivity contribution is 9.09. The number of anilines is 1. The van der Waals surface area contributed by atoms with E-state index in [1.807, 2.05) is 36.4 Å². The van der Waals surface area contributed by atoms with E-state index in [2.05, 4.69) is 15.9 Å². The molecule has 0 amide bonds. The molecule has 0 heterocycles. The van der Waals surface area contributed by atoms with Crippen LogP contribution in [0.25, 0.3) is 6.08 Å². The molecule has 0 aliphatic carbocycles. The number of rotatable bonds is 2. The van der Waals surface area contributed by atoms with Gasteiger partial charge in [-0.15, -0.1) is 0 Å². The molecule has 11 heavy (non-hydrogen) atoms. The molecule has 1 aromatic carbocycles. The van der Waals surface area contributed by atoms with Gasteiger partial charge in [-0.3, -0.25) is 0 Å². The van der Waals surface area contributed by atoms with Gasteiger partial charge in [0.15, 0.2) is 0 Å². The van der Waals surface area contributed by atoms with Gasteiger partial charge in [0.25, 0.3) is 0 Å². The van der Waals surface area contributed by atoms with Gasteiger partial charge in [-0.25, -0.2) is 0 Å². The minimum Gasteiger partial charge on any atom is -0.398 e. The van der Waals surface area contributed by atoms with Crippen molar-refractivity contribution in [3.8, 4) is 0 Å². The zero-order chi connectivity index (χ0) is 8.10. The zero-order valence-electron chi connectivity index (χ0n) is 6.13. The van der Waals surface area contributed by atoms with Crippen LogP contribution < -0.4 is 5.73 Å². The van der Waals surface area contributed by atoms with E-state index in [-0.39, 0.29) is 0 Å². The Morgan fingerprint density at radius 1 is 1.36 bits per heavy atom. The van der Waals surface area contributed by atoms with Gasteiger partial charge in [-0.2, -0.15) is 0 Å². The Hall–Kier alpha value is -0.760. The van der Waals surface area contributed by atoms with Crippen LogP contribution in [0.5, 0.6) is 0 Å². The van der Waals surface area contributed by atoms with Crippen LogP contribution in [0.2, 0.25) is 0 Å². The van der Waals surface area contributed by atoms with Crippen molar-refractivity contribution < 1.29 is 0 Å². The number of benzene rings is 1. The van der Waals surface area contributed by atoms with Crippen LogP contribution >= 0.6 is 15.9 Å². The van der Waals surface area contributed by atoms with Gasteiger partial charge in [-0.1, -0.05) is 46.3 Å². The molecule has 0 saturated carbocycles. The molecule has 2 N–H and O–H groups in total. The molecule has 0 aliphatic heterocycles. The normalized spacial score (nSPS) is 10.6.